The molecule has 0 spiro atoms. The summed E-state index contributed by atoms with van der Waals surface area (Å²) in [5.74, 6) is -4.83. The first-order valence-corrected chi connectivity index (χ1v) is 7.49. The maximum absolute atomic E-state index is 12.6. The van der Waals surface area contributed by atoms with Crippen LogP contribution < -0.4 is 5.43 Å². The van der Waals surface area contributed by atoms with E-state index in [1.54, 1.807) is 38.1 Å². The number of ketones is 1. The van der Waals surface area contributed by atoms with E-state index in [1.807, 2.05) is 0 Å². The normalized spacial score (nSPS) is 10.2. The van der Waals surface area contributed by atoms with Gasteiger partial charge >= 0.3 is 11.9 Å². The second kappa shape index (κ2) is 8.98. The fourth-order valence-electron chi connectivity index (χ4n) is 2.27. The number of pyridine rings is 1. The molecule has 1 heterocycles. The molecule has 2 aromatic rings. The Morgan fingerprint density at radius 1 is 1.04 bits per heavy atom. The highest BCUT2D eigenvalue weighted by Crippen LogP contribution is 2.13. The molecule has 1 N–H and O–H groups in total. The molecule has 1 aromatic heterocycles. The number of halogens is 1. The number of rotatable bonds is 6. The molecular weight excluding hydrogens is 350 g/mol. The number of fused-ring (bicyclic) bond motifs is 1. The monoisotopic (exact) mass is 367 g/mol. The number of nitrogens with one attached hydrogen (secondary N) is 1. The molecule has 0 aliphatic rings. The number of benzene rings is 1. The van der Waals surface area contributed by atoms with Crippen molar-refractivity contribution < 1.29 is 23.9 Å². The van der Waals surface area contributed by atoms with Crippen LogP contribution in [0.15, 0.2) is 35.3 Å². The van der Waals surface area contributed by atoms with Crippen molar-refractivity contribution in [1.29, 1.82) is 0 Å². The number of aromatic amines is 1. The van der Waals surface area contributed by atoms with Gasteiger partial charge in [-0.3, -0.25) is 19.2 Å². The number of hydrogen-bond acceptors (Lipinski definition) is 6. The zero-order valence-electron chi connectivity index (χ0n) is 13.7. The molecule has 134 valence electrons. The Bertz CT molecular complexity index is 826. The standard InChI is InChI=1S/C17H17NO6.ClH/c1-3-23-16(21)13(17(22)24-4-2)15(20)11-9-18-12-8-6-5-7-10(12)14(11)19;/h5-9,13H,3-4H2,1-2H3,(H,18,19);1H. The Balaban J connectivity index is 0.00000312. The summed E-state index contributed by atoms with van der Waals surface area (Å²) < 4.78 is 9.54. The van der Waals surface area contributed by atoms with Crippen molar-refractivity contribution in [2.75, 3.05) is 13.2 Å². The van der Waals surface area contributed by atoms with Crippen LogP contribution in [0.1, 0.15) is 24.2 Å². The van der Waals surface area contributed by atoms with Crippen LogP contribution >= 0.6 is 12.4 Å². The fraction of sp³-hybridized carbons (Fsp3) is 0.294. The summed E-state index contributed by atoms with van der Waals surface area (Å²) in [6.45, 7) is 3.09. The van der Waals surface area contributed by atoms with E-state index in [1.165, 1.54) is 6.20 Å². The number of para-hydroxylation sites is 1. The molecule has 0 amide bonds. The lowest BCUT2D eigenvalue weighted by atomic mass is 9.97. The van der Waals surface area contributed by atoms with Gasteiger partial charge in [0.05, 0.1) is 18.8 Å². The van der Waals surface area contributed by atoms with Crippen molar-refractivity contribution >= 4 is 41.0 Å². The molecule has 2 rings (SSSR count). The third-order valence-electron chi connectivity index (χ3n) is 3.36. The first-order valence-electron chi connectivity index (χ1n) is 7.49. The summed E-state index contributed by atoms with van der Waals surface area (Å²) in [6, 6.07) is 6.62. The lowest BCUT2D eigenvalue weighted by Crippen LogP contribution is -2.37. The number of carbonyl (C=O) groups excluding carboxylic acids is 3. The smallest absolute Gasteiger partial charge is 0.328 e. The van der Waals surface area contributed by atoms with Crippen LogP contribution in [-0.4, -0.2) is 35.9 Å². The maximum atomic E-state index is 12.6. The van der Waals surface area contributed by atoms with E-state index in [4.69, 9.17) is 9.47 Å². The minimum Gasteiger partial charge on any atom is -0.465 e. The molecule has 0 saturated carbocycles. The molecule has 0 aliphatic carbocycles. The predicted molar refractivity (Wildman–Crippen MR) is 92.9 cm³/mol. The van der Waals surface area contributed by atoms with Gasteiger partial charge in [-0.05, 0) is 26.0 Å². The molecule has 0 radical (unpaired) electrons. The molecule has 0 unspecified atom stereocenters. The van der Waals surface area contributed by atoms with Crippen LogP contribution in [0.5, 0.6) is 0 Å². The Morgan fingerprint density at radius 2 is 1.60 bits per heavy atom. The zero-order chi connectivity index (χ0) is 17.7. The predicted octanol–water partition coefficient (Wildman–Crippen LogP) is 1.88. The van der Waals surface area contributed by atoms with E-state index in [0.717, 1.165) is 0 Å². The number of hydrogen-bond donors (Lipinski definition) is 1. The van der Waals surface area contributed by atoms with Gasteiger partial charge in [-0.25, -0.2) is 0 Å². The Kier molecular flexibility index (Phi) is 7.32. The lowest BCUT2D eigenvalue weighted by Gasteiger charge is -2.13. The van der Waals surface area contributed by atoms with E-state index < -0.39 is 29.1 Å². The van der Waals surface area contributed by atoms with Crippen molar-refractivity contribution in [3.63, 3.8) is 0 Å². The van der Waals surface area contributed by atoms with Crippen molar-refractivity contribution in [1.82, 2.24) is 4.98 Å². The highest BCUT2D eigenvalue weighted by Gasteiger charge is 2.38. The van der Waals surface area contributed by atoms with Gasteiger partial charge < -0.3 is 14.5 Å². The summed E-state index contributed by atoms with van der Waals surface area (Å²) in [5, 5.41) is 0.287. The van der Waals surface area contributed by atoms with E-state index in [-0.39, 0.29) is 36.6 Å². The number of esters is 2. The van der Waals surface area contributed by atoms with Crippen LogP contribution in [0.3, 0.4) is 0 Å². The van der Waals surface area contributed by atoms with Crippen LogP contribution in [-0.2, 0) is 19.1 Å². The largest absolute Gasteiger partial charge is 0.465 e. The summed E-state index contributed by atoms with van der Waals surface area (Å²) in [6.07, 6.45) is 1.19. The van der Waals surface area contributed by atoms with E-state index >= 15 is 0 Å². The van der Waals surface area contributed by atoms with Gasteiger partial charge in [-0.1, -0.05) is 12.1 Å². The third-order valence-corrected chi connectivity index (χ3v) is 3.36. The summed E-state index contributed by atoms with van der Waals surface area (Å²) >= 11 is 0. The van der Waals surface area contributed by atoms with Gasteiger partial charge in [-0.2, -0.15) is 0 Å². The van der Waals surface area contributed by atoms with Gasteiger partial charge in [0.25, 0.3) is 0 Å². The van der Waals surface area contributed by atoms with Gasteiger partial charge in [0, 0.05) is 17.1 Å². The minimum atomic E-state index is -1.81. The number of aromatic nitrogens is 1. The van der Waals surface area contributed by atoms with Crippen molar-refractivity contribution in [3.05, 3.63) is 46.2 Å². The SMILES string of the molecule is CCOC(=O)C(C(=O)OCC)C(=O)c1c[nH]c2ccccc2c1=O.Cl. The van der Waals surface area contributed by atoms with E-state index in [0.29, 0.717) is 5.52 Å². The topological polar surface area (TPSA) is 103 Å². The first kappa shape index (κ1) is 20.4. The molecule has 25 heavy (non-hydrogen) atoms. The summed E-state index contributed by atoms with van der Waals surface area (Å²) in [4.78, 5) is 51.9. The molecule has 0 atom stereocenters. The van der Waals surface area contributed by atoms with Gasteiger partial charge in [-0.15, -0.1) is 12.4 Å². The van der Waals surface area contributed by atoms with Crippen LogP contribution in [0, 0.1) is 5.92 Å². The minimum absolute atomic E-state index is 0. The first-order chi connectivity index (χ1) is 11.5. The van der Waals surface area contributed by atoms with Crippen molar-refractivity contribution in [2.24, 2.45) is 5.92 Å². The quantitative estimate of drug-likeness (QED) is 0.475. The fourth-order valence-corrected chi connectivity index (χ4v) is 2.27. The highest BCUT2D eigenvalue weighted by atomic mass is 35.5. The molecule has 0 fully saturated rings. The van der Waals surface area contributed by atoms with E-state index in [2.05, 4.69) is 4.98 Å². The summed E-state index contributed by atoms with van der Waals surface area (Å²) in [5.41, 5.74) is -0.310. The third kappa shape index (κ3) is 4.24. The number of ether oxygens (including phenoxy) is 2. The van der Waals surface area contributed by atoms with E-state index in [9.17, 15) is 19.2 Å². The molecule has 7 nitrogen and oxygen atoms in total. The second-order valence-corrected chi connectivity index (χ2v) is 4.88. The molecule has 0 saturated heterocycles. The molecule has 0 aliphatic heterocycles. The Labute approximate surface area is 149 Å². The molecule has 1 aromatic carbocycles. The number of Topliss-reactive ketones (excluding diaryl/α,β-unsaturated/α-hetero) is 1. The van der Waals surface area contributed by atoms with Crippen molar-refractivity contribution in [3.8, 4) is 0 Å². The van der Waals surface area contributed by atoms with Gasteiger partial charge in [0.15, 0.2) is 11.2 Å². The number of carbonyl (C=O) groups is 3. The van der Waals surface area contributed by atoms with Crippen LogP contribution in [0.25, 0.3) is 10.9 Å². The Morgan fingerprint density at radius 3 is 2.16 bits per heavy atom. The second-order valence-electron chi connectivity index (χ2n) is 4.88. The lowest BCUT2D eigenvalue weighted by molar-refractivity contribution is -0.158. The molecule has 8 heteroatoms. The van der Waals surface area contributed by atoms with Crippen LogP contribution in [0.2, 0.25) is 0 Å². The zero-order valence-corrected chi connectivity index (χ0v) is 14.6. The Hall–Kier alpha value is -2.67. The maximum Gasteiger partial charge on any atom is 0.328 e. The van der Waals surface area contributed by atoms with Gasteiger partial charge in [0.2, 0.25) is 5.92 Å². The van der Waals surface area contributed by atoms with Crippen molar-refractivity contribution in [2.45, 2.75) is 13.8 Å². The molecule has 0 bridgehead atoms. The summed E-state index contributed by atoms with van der Waals surface area (Å²) in [7, 11) is 0. The average molecular weight is 368 g/mol. The average Bonchev–Trinajstić information content (AvgIpc) is 2.56. The molecular formula is C17H18ClNO6. The van der Waals surface area contributed by atoms with Gasteiger partial charge in [0.1, 0.15) is 0 Å². The number of H-pyrrole nitrogens is 1. The van der Waals surface area contributed by atoms with Crippen LogP contribution in [0.4, 0.5) is 0 Å². The highest BCUT2D eigenvalue weighted by molar-refractivity contribution is 6.21.